The standard InChI is InChI=1S/C18H16N4O3S/c23-13-7-8-14-15(9-13)26-18(21-14)22-17(25)20-12-5-3-11(4-6-12)19-16(24)10-1-2-10/h3-10,23H,1-2H2,(H,19,24)(H2,20,21,22,25). The highest BCUT2D eigenvalue weighted by Crippen LogP contribution is 2.30. The van der Waals surface area contributed by atoms with Gasteiger partial charge in [-0.05, 0) is 55.3 Å². The molecule has 3 amide bonds. The molecule has 0 atom stereocenters. The van der Waals surface area contributed by atoms with E-state index in [0.717, 1.165) is 17.5 Å². The molecule has 26 heavy (non-hydrogen) atoms. The summed E-state index contributed by atoms with van der Waals surface area (Å²) in [6, 6.07) is 11.4. The number of rotatable bonds is 4. The molecule has 1 aliphatic rings. The van der Waals surface area contributed by atoms with Crippen molar-refractivity contribution in [2.75, 3.05) is 16.0 Å². The van der Waals surface area contributed by atoms with Crippen molar-refractivity contribution < 1.29 is 14.7 Å². The smallest absolute Gasteiger partial charge is 0.325 e. The molecule has 4 N–H and O–H groups in total. The molecule has 1 saturated carbocycles. The van der Waals surface area contributed by atoms with Crippen molar-refractivity contribution in [2.24, 2.45) is 5.92 Å². The summed E-state index contributed by atoms with van der Waals surface area (Å²) >= 11 is 1.28. The fraction of sp³-hybridized carbons (Fsp3) is 0.167. The second-order valence-corrected chi connectivity index (χ2v) is 7.12. The van der Waals surface area contributed by atoms with E-state index in [2.05, 4.69) is 20.9 Å². The third-order valence-corrected chi connectivity index (χ3v) is 4.88. The fourth-order valence-electron chi connectivity index (χ4n) is 2.45. The van der Waals surface area contributed by atoms with E-state index in [1.807, 2.05) is 0 Å². The number of anilines is 3. The van der Waals surface area contributed by atoms with Crippen molar-refractivity contribution in [3.05, 3.63) is 42.5 Å². The summed E-state index contributed by atoms with van der Waals surface area (Å²) < 4.78 is 0.788. The van der Waals surface area contributed by atoms with Crippen molar-refractivity contribution in [2.45, 2.75) is 12.8 Å². The maximum atomic E-state index is 12.1. The maximum Gasteiger partial charge on any atom is 0.325 e. The fourth-order valence-corrected chi connectivity index (χ4v) is 3.35. The van der Waals surface area contributed by atoms with E-state index in [4.69, 9.17) is 0 Å². The van der Waals surface area contributed by atoms with E-state index >= 15 is 0 Å². The first-order valence-corrected chi connectivity index (χ1v) is 8.97. The van der Waals surface area contributed by atoms with Crippen molar-refractivity contribution in [1.29, 1.82) is 0 Å². The Morgan fingerprint density at radius 2 is 1.69 bits per heavy atom. The van der Waals surface area contributed by atoms with E-state index in [0.29, 0.717) is 22.0 Å². The number of carbonyl (C=O) groups excluding carboxylic acids is 2. The molecule has 1 aliphatic carbocycles. The van der Waals surface area contributed by atoms with Crippen LogP contribution >= 0.6 is 11.3 Å². The minimum absolute atomic E-state index is 0.0466. The van der Waals surface area contributed by atoms with Gasteiger partial charge >= 0.3 is 6.03 Å². The molecule has 0 bridgehead atoms. The van der Waals surface area contributed by atoms with Crippen LogP contribution in [0.2, 0.25) is 0 Å². The van der Waals surface area contributed by atoms with Gasteiger partial charge in [0.15, 0.2) is 5.13 Å². The van der Waals surface area contributed by atoms with Gasteiger partial charge in [0.25, 0.3) is 0 Å². The third kappa shape index (κ3) is 3.75. The number of fused-ring (bicyclic) bond motifs is 1. The topological polar surface area (TPSA) is 103 Å². The second-order valence-electron chi connectivity index (χ2n) is 6.09. The van der Waals surface area contributed by atoms with Gasteiger partial charge in [-0.2, -0.15) is 0 Å². The molecule has 7 nitrogen and oxygen atoms in total. The number of thiazole rings is 1. The number of nitrogens with zero attached hydrogens (tertiary/aromatic N) is 1. The first-order chi connectivity index (χ1) is 12.6. The lowest BCUT2D eigenvalue weighted by Crippen LogP contribution is -2.19. The molecule has 1 fully saturated rings. The number of amides is 3. The molecule has 0 saturated heterocycles. The first-order valence-electron chi connectivity index (χ1n) is 8.15. The van der Waals surface area contributed by atoms with Gasteiger partial charge in [-0.1, -0.05) is 11.3 Å². The molecule has 1 heterocycles. The van der Waals surface area contributed by atoms with Gasteiger partial charge in [-0.25, -0.2) is 9.78 Å². The van der Waals surface area contributed by atoms with Crippen LogP contribution in [0, 0.1) is 5.92 Å². The number of aromatic hydroxyl groups is 1. The molecular weight excluding hydrogens is 352 g/mol. The van der Waals surface area contributed by atoms with E-state index in [-0.39, 0.29) is 17.6 Å². The number of urea groups is 1. The van der Waals surface area contributed by atoms with Gasteiger partial charge in [-0.3, -0.25) is 10.1 Å². The Hall–Kier alpha value is -3.13. The molecule has 1 aromatic heterocycles. The molecule has 2 aromatic carbocycles. The number of phenols is 1. The van der Waals surface area contributed by atoms with Crippen molar-refractivity contribution in [1.82, 2.24) is 4.98 Å². The monoisotopic (exact) mass is 368 g/mol. The SMILES string of the molecule is O=C(Nc1ccc(NC(=O)C2CC2)cc1)Nc1nc2ccc(O)cc2s1. The zero-order chi connectivity index (χ0) is 18.1. The molecular formula is C18H16N4O3S. The van der Waals surface area contributed by atoms with E-state index in [9.17, 15) is 14.7 Å². The summed E-state index contributed by atoms with van der Waals surface area (Å²) in [7, 11) is 0. The Morgan fingerprint density at radius 3 is 2.38 bits per heavy atom. The largest absolute Gasteiger partial charge is 0.508 e. The molecule has 0 aliphatic heterocycles. The average Bonchev–Trinajstić information content (AvgIpc) is 3.38. The van der Waals surface area contributed by atoms with Crippen LogP contribution in [-0.4, -0.2) is 22.0 Å². The number of benzene rings is 2. The lowest BCUT2D eigenvalue weighted by molar-refractivity contribution is -0.117. The first kappa shape index (κ1) is 16.3. The summed E-state index contributed by atoms with van der Waals surface area (Å²) in [5, 5.41) is 18.2. The minimum Gasteiger partial charge on any atom is -0.508 e. The lowest BCUT2D eigenvalue weighted by Gasteiger charge is -2.07. The van der Waals surface area contributed by atoms with Crippen LogP contribution in [0.3, 0.4) is 0 Å². The summed E-state index contributed by atoms with van der Waals surface area (Å²) in [4.78, 5) is 28.1. The molecule has 0 unspecified atom stereocenters. The molecule has 4 rings (SSSR count). The van der Waals surface area contributed by atoms with Crippen LogP contribution < -0.4 is 16.0 Å². The Morgan fingerprint density at radius 1 is 1.00 bits per heavy atom. The van der Waals surface area contributed by atoms with Crippen LogP contribution in [0.15, 0.2) is 42.5 Å². The summed E-state index contributed by atoms with van der Waals surface area (Å²) in [6.07, 6.45) is 1.91. The van der Waals surface area contributed by atoms with Crippen molar-refractivity contribution in [3.8, 4) is 5.75 Å². The predicted molar refractivity (Wildman–Crippen MR) is 102 cm³/mol. The predicted octanol–water partition coefficient (Wildman–Crippen LogP) is 3.99. The van der Waals surface area contributed by atoms with Crippen LogP contribution in [0.4, 0.5) is 21.3 Å². The molecule has 3 aromatic rings. The summed E-state index contributed by atoms with van der Waals surface area (Å²) in [5.74, 6) is 0.352. The number of carbonyl (C=O) groups is 2. The van der Waals surface area contributed by atoms with Crippen LogP contribution in [0.5, 0.6) is 5.75 Å². The highest BCUT2D eigenvalue weighted by Gasteiger charge is 2.29. The van der Waals surface area contributed by atoms with Crippen LogP contribution in [-0.2, 0) is 4.79 Å². The zero-order valence-electron chi connectivity index (χ0n) is 13.7. The maximum absolute atomic E-state index is 12.1. The van der Waals surface area contributed by atoms with Crippen molar-refractivity contribution in [3.63, 3.8) is 0 Å². The Balaban J connectivity index is 1.36. The zero-order valence-corrected chi connectivity index (χ0v) is 14.5. The minimum atomic E-state index is -0.414. The molecule has 0 spiro atoms. The Kier molecular flexibility index (Phi) is 4.18. The highest BCUT2D eigenvalue weighted by molar-refractivity contribution is 7.22. The summed E-state index contributed by atoms with van der Waals surface area (Å²) in [6.45, 7) is 0. The average molecular weight is 368 g/mol. The number of phenolic OH excluding ortho intramolecular Hbond substituents is 1. The van der Waals surface area contributed by atoms with Gasteiger partial charge in [-0.15, -0.1) is 0 Å². The van der Waals surface area contributed by atoms with Crippen LogP contribution in [0.25, 0.3) is 10.2 Å². The Labute approximate surface area is 153 Å². The van der Waals surface area contributed by atoms with Gasteiger partial charge in [0.2, 0.25) is 5.91 Å². The Bertz CT molecular complexity index is 980. The molecule has 0 radical (unpaired) electrons. The van der Waals surface area contributed by atoms with Crippen molar-refractivity contribution >= 4 is 50.0 Å². The van der Waals surface area contributed by atoms with Gasteiger partial charge in [0.1, 0.15) is 5.75 Å². The quantitative estimate of drug-likeness (QED) is 0.559. The van der Waals surface area contributed by atoms with Gasteiger partial charge in [0, 0.05) is 17.3 Å². The van der Waals surface area contributed by atoms with E-state index in [1.165, 1.54) is 11.3 Å². The number of hydrogen-bond acceptors (Lipinski definition) is 5. The molecule has 8 heteroatoms. The molecule has 132 valence electrons. The summed E-state index contributed by atoms with van der Waals surface area (Å²) in [5.41, 5.74) is 2.02. The normalized spacial score (nSPS) is 13.4. The van der Waals surface area contributed by atoms with Crippen LogP contribution in [0.1, 0.15) is 12.8 Å². The number of aromatic nitrogens is 1. The third-order valence-electron chi connectivity index (χ3n) is 3.95. The van der Waals surface area contributed by atoms with E-state index in [1.54, 1.807) is 42.5 Å². The van der Waals surface area contributed by atoms with Gasteiger partial charge < -0.3 is 15.7 Å². The number of nitrogens with one attached hydrogen (secondary N) is 3. The number of hydrogen-bond donors (Lipinski definition) is 4. The highest BCUT2D eigenvalue weighted by atomic mass is 32.1. The lowest BCUT2D eigenvalue weighted by atomic mass is 10.2. The second kappa shape index (κ2) is 6.64. The van der Waals surface area contributed by atoms with E-state index < -0.39 is 6.03 Å². The van der Waals surface area contributed by atoms with Gasteiger partial charge in [0.05, 0.1) is 10.2 Å².